The number of aromatic nitrogens is 2. The summed E-state index contributed by atoms with van der Waals surface area (Å²) in [5, 5.41) is 8.03. The van der Waals surface area contributed by atoms with Gasteiger partial charge < -0.3 is 5.32 Å². The average Bonchev–Trinajstić information content (AvgIpc) is 2.44. The van der Waals surface area contributed by atoms with E-state index in [2.05, 4.69) is 15.5 Å². The molecule has 0 spiro atoms. The molecule has 0 fully saturated rings. The lowest BCUT2D eigenvalue weighted by Gasteiger charge is -2.14. The van der Waals surface area contributed by atoms with Gasteiger partial charge in [0.15, 0.2) is 9.84 Å². The van der Waals surface area contributed by atoms with E-state index in [1.54, 1.807) is 32.0 Å². The van der Waals surface area contributed by atoms with Crippen LogP contribution in [0.15, 0.2) is 40.2 Å². The molecule has 1 aromatic carbocycles. The highest BCUT2D eigenvalue weighted by Gasteiger charge is 2.22. The molecule has 0 radical (unpaired) electrons. The summed E-state index contributed by atoms with van der Waals surface area (Å²) in [6.45, 7) is 3.21. The summed E-state index contributed by atoms with van der Waals surface area (Å²) in [5.41, 5.74) is 0.0400. The number of benzene rings is 1. The van der Waals surface area contributed by atoms with E-state index in [-0.39, 0.29) is 15.6 Å². The van der Waals surface area contributed by atoms with E-state index in [9.17, 15) is 13.2 Å². The predicted octanol–water partition coefficient (Wildman–Crippen LogP) is 2.35. The van der Waals surface area contributed by atoms with Crippen LogP contribution in [-0.2, 0) is 9.84 Å². The van der Waals surface area contributed by atoms with E-state index >= 15 is 0 Å². The first-order valence-electron chi connectivity index (χ1n) is 6.17. The first-order valence-corrected chi connectivity index (χ1v) is 8.09. The third-order valence-corrected chi connectivity index (χ3v) is 5.46. The number of H-pyrrole nitrogens is 1. The van der Waals surface area contributed by atoms with Crippen LogP contribution < -0.4 is 10.9 Å². The zero-order chi connectivity index (χ0) is 15.6. The maximum Gasteiger partial charge on any atom is 0.285 e. The number of aromatic amines is 1. The largest absolute Gasteiger partial charge is 0.352 e. The Kier molecular flexibility index (Phi) is 4.34. The van der Waals surface area contributed by atoms with Crippen LogP contribution in [0.1, 0.15) is 13.8 Å². The van der Waals surface area contributed by atoms with Gasteiger partial charge in [0, 0.05) is 0 Å². The van der Waals surface area contributed by atoms with Crippen molar-refractivity contribution in [2.75, 3.05) is 5.32 Å². The van der Waals surface area contributed by atoms with Crippen LogP contribution in [0.5, 0.6) is 0 Å². The number of rotatable bonds is 4. The van der Waals surface area contributed by atoms with Gasteiger partial charge in [-0.1, -0.05) is 23.7 Å². The molecule has 0 atom stereocenters. The van der Waals surface area contributed by atoms with E-state index in [1.165, 1.54) is 12.3 Å². The average molecular weight is 328 g/mol. The number of hydrogen-bond acceptors (Lipinski definition) is 5. The van der Waals surface area contributed by atoms with E-state index in [0.29, 0.717) is 5.69 Å². The molecule has 112 valence electrons. The van der Waals surface area contributed by atoms with Crippen molar-refractivity contribution in [1.29, 1.82) is 0 Å². The minimum Gasteiger partial charge on any atom is -0.352 e. The van der Waals surface area contributed by atoms with Crippen LogP contribution in [-0.4, -0.2) is 23.9 Å². The zero-order valence-electron chi connectivity index (χ0n) is 11.4. The number of nitrogens with one attached hydrogen (secondary N) is 2. The molecule has 2 aromatic rings. The third-order valence-electron chi connectivity index (χ3n) is 2.88. The second-order valence-corrected chi connectivity index (χ2v) is 7.49. The smallest absolute Gasteiger partial charge is 0.285 e. The molecular weight excluding hydrogens is 314 g/mol. The number of para-hydroxylation sites is 1. The Labute approximate surface area is 127 Å². The van der Waals surface area contributed by atoms with Gasteiger partial charge in [-0.3, -0.25) is 4.79 Å². The molecule has 0 amide bonds. The molecule has 0 aliphatic carbocycles. The summed E-state index contributed by atoms with van der Waals surface area (Å²) in [7, 11) is -3.46. The Balaban J connectivity index is 2.52. The maximum atomic E-state index is 12.3. The Bertz CT molecular complexity index is 815. The summed E-state index contributed by atoms with van der Waals surface area (Å²) in [4.78, 5) is 11.6. The van der Waals surface area contributed by atoms with Crippen molar-refractivity contribution >= 4 is 32.8 Å². The van der Waals surface area contributed by atoms with Crippen LogP contribution in [0, 0.1) is 0 Å². The first kappa shape index (κ1) is 15.5. The second kappa shape index (κ2) is 5.87. The molecule has 0 aliphatic rings. The summed E-state index contributed by atoms with van der Waals surface area (Å²) >= 11 is 5.88. The van der Waals surface area contributed by atoms with Crippen LogP contribution in [0.4, 0.5) is 11.4 Å². The molecule has 0 bridgehead atoms. The number of sulfone groups is 1. The molecule has 1 aromatic heterocycles. The van der Waals surface area contributed by atoms with E-state index in [4.69, 9.17) is 11.6 Å². The standard InChI is InChI=1S/C13H14ClN3O3S/c1-8(2)21(19,20)11-6-4-3-5-9(11)16-10-7-15-17-13(18)12(10)14/h3-8H,1-2H3,(H2,16,17,18). The number of halogens is 1. The van der Waals surface area contributed by atoms with E-state index < -0.39 is 20.6 Å². The zero-order valence-corrected chi connectivity index (χ0v) is 13.0. The van der Waals surface area contributed by atoms with E-state index in [0.717, 1.165) is 0 Å². The highest BCUT2D eigenvalue weighted by atomic mass is 35.5. The molecule has 0 saturated carbocycles. The van der Waals surface area contributed by atoms with Crippen molar-refractivity contribution < 1.29 is 8.42 Å². The second-order valence-electron chi connectivity index (χ2n) is 4.64. The van der Waals surface area contributed by atoms with Crippen LogP contribution in [0.2, 0.25) is 5.02 Å². The van der Waals surface area contributed by atoms with Gasteiger partial charge in [-0.25, -0.2) is 13.5 Å². The number of hydrogen-bond donors (Lipinski definition) is 2. The summed E-state index contributed by atoms with van der Waals surface area (Å²) in [6, 6.07) is 6.44. The van der Waals surface area contributed by atoms with E-state index in [1.807, 2.05) is 0 Å². The molecule has 1 heterocycles. The van der Waals surface area contributed by atoms with Crippen LogP contribution in [0.3, 0.4) is 0 Å². The highest BCUT2D eigenvalue weighted by Crippen LogP contribution is 2.29. The lowest BCUT2D eigenvalue weighted by molar-refractivity contribution is 0.588. The monoisotopic (exact) mass is 327 g/mol. The summed E-state index contributed by atoms with van der Waals surface area (Å²) < 4.78 is 24.7. The summed E-state index contributed by atoms with van der Waals surface area (Å²) in [6.07, 6.45) is 1.32. The Morgan fingerprint density at radius 3 is 2.57 bits per heavy atom. The van der Waals surface area contributed by atoms with Crippen molar-refractivity contribution in [3.63, 3.8) is 0 Å². The quantitative estimate of drug-likeness (QED) is 0.899. The molecule has 2 rings (SSSR count). The molecule has 0 aliphatic heterocycles. The SMILES string of the molecule is CC(C)S(=O)(=O)c1ccccc1Nc1cn[nH]c(=O)c1Cl. The Morgan fingerprint density at radius 2 is 1.90 bits per heavy atom. The van der Waals surface area contributed by atoms with Crippen molar-refractivity contribution in [2.24, 2.45) is 0 Å². The van der Waals surface area contributed by atoms with Crippen molar-refractivity contribution in [2.45, 2.75) is 24.0 Å². The molecule has 2 N–H and O–H groups in total. The van der Waals surface area contributed by atoms with Crippen molar-refractivity contribution in [1.82, 2.24) is 10.2 Å². The normalized spacial score (nSPS) is 11.6. The van der Waals surface area contributed by atoms with Gasteiger partial charge in [0.25, 0.3) is 5.56 Å². The topological polar surface area (TPSA) is 91.9 Å². The maximum absolute atomic E-state index is 12.3. The lowest BCUT2D eigenvalue weighted by Crippen LogP contribution is -2.16. The van der Waals surface area contributed by atoms with Crippen molar-refractivity contribution in [3.05, 3.63) is 45.8 Å². The summed E-state index contributed by atoms with van der Waals surface area (Å²) in [5.74, 6) is 0. The molecule has 6 nitrogen and oxygen atoms in total. The fourth-order valence-electron chi connectivity index (χ4n) is 1.69. The van der Waals surface area contributed by atoms with Gasteiger partial charge in [-0.15, -0.1) is 0 Å². The minimum atomic E-state index is -3.46. The lowest BCUT2D eigenvalue weighted by atomic mass is 10.3. The number of anilines is 2. The molecule has 0 saturated heterocycles. The minimum absolute atomic E-state index is 0.0817. The van der Waals surface area contributed by atoms with Gasteiger partial charge in [0.2, 0.25) is 0 Å². The molecule has 8 heteroatoms. The molecule has 0 unspecified atom stereocenters. The highest BCUT2D eigenvalue weighted by molar-refractivity contribution is 7.92. The van der Waals surface area contributed by atoms with Crippen molar-refractivity contribution in [3.8, 4) is 0 Å². The Hall–Kier alpha value is -1.86. The Morgan fingerprint density at radius 1 is 1.24 bits per heavy atom. The number of nitrogens with zero attached hydrogens (tertiary/aromatic N) is 1. The van der Waals surface area contributed by atoms with Crippen LogP contribution >= 0.6 is 11.6 Å². The van der Waals surface area contributed by atoms with Gasteiger partial charge in [-0.05, 0) is 26.0 Å². The van der Waals surface area contributed by atoms with Gasteiger partial charge in [-0.2, -0.15) is 5.10 Å². The first-order chi connectivity index (χ1) is 9.84. The third kappa shape index (κ3) is 3.08. The fraction of sp³-hybridized carbons (Fsp3) is 0.231. The van der Waals surface area contributed by atoms with Gasteiger partial charge >= 0.3 is 0 Å². The molecular formula is C13H14ClN3O3S. The molecule has 21 heavy (non-hydrogen) atoms. The van der Waals surface area contributed by atoms with Crippen LogP contribution in [0.25, 0.3) is 0 Å². The predicted molar refractivity (Wildman–Crippen MR) is 81.9 cm³/mol. The van der Waals surface area contributed by atoms with Gasteiger partial charge in [0.05, 0.1) is 27.7 Å². The van der Waals surface area contributed by atoms with Gasteiger partial charge in [0.1, 0.15) is 5.02 Å². The fourth-order valence-corrected chi connectivity index (χ4v) is 3.03.